The summed E-state index contributed by atoms with van der Waals surface area (Å²) in [6.07, 6.45) is 4.90. The number of aromatic nitrogens is 2. The third-order valence-electron chi connectivity index (χ3n) is 2.71. The molecule has 1 aromatic heterocycles. The van der Waals surface area contributed by atoms with Crippen molar-refractivity contribution in [3.63, 3.8) is 0 Å². The van der Waals surface area contributed by atoms with Crippen LogP contribution in [0.3, 0.4) is 0 Å². The van der Waals surface area contributed by atoms with Crippen molar-refractivity contribution in [2.45, 2.75) is 12.8 Å². The Morgan fingerprint density at radius 1 is 1.16 bits per heavy atom. The quantitative estimate of drug-likeness (QED) is 0.777. The molecule has 0 bridgehead atoms. The maximum Gasteiger partial charge on any atom is 0.162 e. The first kappa shape index (κ1) is 13.6. The number of carbonyl (C=O) groups excluding carboxylic acids is 1. The fourth-order valence-corrected chi connectivity index (χ4v) is 2.44. The van der Waals surface area contributed by atoms with Crippen LogP contribution in [-0.2, 0) is 9.84 Å². The first-order valence-corrected chi connectivity index (χ1v) is 7.93. The van der Waals surface area contributed by atoms with Gasteiger partial charge in [-0.15, -0.1) is 0 Å². The molecular weight excluding hydrogens is 264 g/mol. The van der Waals surface area contributed by atoms with E-state index in [-0.39, 0.29) is 18.0 Å². The van der Waals surface area contributed by atoms with Gasteiger partial charge in [-0.2, -0.15) is 0 Å². The van der Waals surface area contributed by atoms with Gasteiger partial charge in [-0.05, 0) is 24.6 Å². The van der Waals surface area contributed by atoms with Gasteiger partial charge < -0.3 is 0 Å². The molecule has 1 heterocycles. The summed E-state index contributed by atoms with van der Waals surface area (Å²) < 4.78 is 22.0. The minimum absolute atomic E-state index is 0.0339. The average molecular weight is 278 g/mol. The number of carbonyl (C=O) groups is 1. The van der Waals surface area contributed by atoms with Crippen LogP contribution in [0.15, 0.2) is 30.6 Å². The van der Waals surface area contributed by atoms with Gasteiger partial charge in [0.05, 0.1) is 16.8 Å². The molecule has 0 amide bonds. The van der Waals surface area contributed by atoms with Crippen LogP contribution < -0.4 is 0 Å². The van der Waals surface area contributed by atoms with Gasteiger partial charge in [-0.25, -0.2) is 8.42 Å². The number of fused-ring (bicyclic) bond motifs is 1. The Morgan fingerprint density at radius 2 is 1.84 bits per heavy atom. The molecule has 1 aromatic carbocycles. The first-order chi connectivity index (χ1) is 8.96. The predicted octanol–water partition coefficient (Wildman–Crippen LogP) is 1.64. The lowest BCUT2D eigenvalue weighted by molar-refractivity contribution is 0.0982. The molecule has 0 atom stereocenters. The van der Waals surface area contributed by atoms with Crippen molar-refractivity contribution < 1.29 is 13.2 Å². The Bertz CT molecular complexity index is 711. The standard InChI is InChI=1S/C13H14N2O3S/c1-19(17,18)8-2-3-13(16)10-4-5-11-12(9-10)15-7-6-14-11/h4-7,9H,2-3,8H2,1H3. The molecule has 0 unspecified atom stereocenters. The fourth-order valence-electron chi connectivity index (χ4n) is 1.78. The molecule has 0 saturated heterocycles. The van der Waals surface area contributed by atoms with Crippen molar-refractivity contribution in [2.24, 2.45) is 0 Å². The van der Waals surface area contributed by atoms with Gasteiger partial charge in [-0.1, -0.05) is 0 Å². The Balaban J connectivity index is 2.09. The molecule has 100 valence electrons. The minimum Gasteiger partial charge on any atom is -0.294 e. The highest BCUT2D eigenvalue weighted by atomic mass is 32.2. The normalized spacial score (nSPS) is 11.6. The summed E-state index contributed by atoms with van der Waals surface area (Å²) in [6, 6.07) is 5.12. The van der Waals surface area contributed by atoms with Crippen molar-refractivity contribution in [3.8, 4) is 0 Å². The summed E-state index contributed by atoms with van der Waals surface area (Å²) in [5, 5.41) is 0. The number of hydrogen-bond donors (Lipinski definition) is 0. The van der Waals surface area contributed by atoms with E-state index in [1.807, 2.05) is 0 Å². The van der Waals surface area contributed by atoms with Gasteiger partial charge in [-0.3, -0.25) is 14.8 Å². The maximum atomic E-state index is 11.9. The largest absolute Gasteiger partial charge is 0.294 e. The van der Waals surface area contributed by atoms with Crippen LogP contribution in [0.2, 0.25) is 0 Å². The van der Waals surface area contributed by atoms with E-state index in [2.05, 4.69) is 9.97 Å². The lowest BCUT2D eigenvalue weighted by Crippen LogP contribution is -2.06. The summed E-state index contributed by atoms with van der Waals surface area (Å²) >= 11 is 0. The van der Waals surface area contributed by atoms with Gasteiger partial charge in [0.1, 0.15) is 9.84 Å². The monoisotopic (exact) mass is 278 g/mol. The molecule has 0 saturated carbocycles. The molecule has 2 aromatic rings. The summed E-state index contributed by atoms with van der Waals surface area (Å²) in [4.78, 5) is 20.2. The molecule has 19 heavy (non-hydrogen) atoms. The van der Waals surface area contributed by atoms with Crippen molar-refractivity contribution in [1.29, 1.82) is 0 Å². The van der Waals surface area contributed by atoms with Crippen LogP contribution >= 0.6 is 0 Å². The predicted molar refractivity (Wildman–Crippen MR) is 72.8 cm³/mol. The summed E-state index contributed by atoms with van der Waals surface area (Å²) in [5.41, 5.74) is 1.94. The number of rotatable bonds is 5. The molecule has 5 nitrogen and oxygen atoms in total. The van der Waals surface area contributed by atoms with Crippen molar-refractivity contribution in [2.75, 3.05) is 12.0 Å². The molecule has 0 fully saturated rings. The van der Waals surface area contributed by atoms with Gasteiger partial charge in [0.25, 0.3) is 0 Å². The van der Waals surface area contributed by atoms with E-state index < -0.39 is 9.84 Å². The smallest absolute Gasteiger partial charge is 0.162 e. The van der Waals surface area contributed by atoms with Crippen LogP contribution in [-0.4, -0.2) is 36.2 Å². The third kappa shape index (κ3) is 3.82. The minimum atomic E-state index is -3.01. The van der Waals surface area contributed by atoms with Crippen molar-refractivity contribution in [1.82, 2.24) is 9.97 Å². The zero-order valence-electron chi connectivity index (χ0n) is 10.5. The average Bonchev–Trinajstić information content (AvgIpc) is 2.36. The van der Waals surface area contributed by atoms with Crippen LogP contribution in [0.5, 0.6) is 0 Å². The molecule has 0 spiro atoms. The number of sulfone groups is 1. The molecule has 0 N–H and O–H groups in total. The van der Waals surface area contributed by atoms with E-state index in [0.717, 1.165) is 5.52 Å². The number of Topliss-reactive ketones (excluding diaryl/α,β-unsaturated/α-hetero) is 1. The molecule has 0 aliphatic carbocycles. The Morgan fingerprint density at radius 3 is 2.53 bits per heavy atom. The second kappa shape index (κ2) is 5.44. The van der Waals surface area contributed by atoms with Gasteiger partial charge >= 0.3 is 0 Å². The number of ketones is 1. The SMILES string of the molecule is CS(=O)(=O)CCCC(=O)c1ccc2nccnc2c1. The molecule has 2 rings (SSSR count). The summed E-state index contributed by atoms with van der Waals surface area (Å²) in [7, 11) is -3.01. The molecule has 0 aliphatic rings. The van der Waals surface area contributed by atoms with Crippen molar-refractivity contribution in [3.05, 3.63) is 36.2 Å². The zero-order valence-corrected chi connectivity index (χ0v) is 11.4. The van der Waals surface area contributed by atoms with E-state index in [1.54, 1.807) is 30.6 Å². The molecule has 0 radical (unpaired) electrons. The highest BCUT2D eigenvalue weighted by Gasteiger charge is 2.09. The van der Waals surface area contributed by atoms with Crippen LogP contribution in [0, 0.1) is 0 Å². The number of hydrogen-bond acceptors (Lipinski definition) is 5. The second-order valence-corrected chi connectivity index (χ2v) is 6.68. The maximum absolute atomic E-state index is 11.9. The first-order valence-electron chi connectivity index (χ1n) is 5.87. The highest BCUT2D eigenvalue weighted by Crippen LogP contribution is 2.13. The van der Waals surface area contributed by atoms with E-state index in [9.17, 15) is 13.2 Å². The van der Waals surface area contributed by atoms with Crippen LogP contribution in [0.1, 0.15) is 23.2 Å². The Kier molecular flexibility index (Phi) is 3.90. The van der Waals surface area contributed by atoms with Crippen LogP contribution in [0.25, 0.3) is 11.0 Å². The Labute approximate surface area is 111 Å². The van der Waals surface area contributed by atoms with Gasteiger partial charge in [0, 0.05) is 30.6 Å². The molecule has 0 aliphatic heterocycles. The molecular formula is C13H14N2O3S. The Hall–Kier alpha value is -1.82. The van der Waals surface area contributed by atoms with Crippen molar-refractivity contribution >= 4 is 26.7 Å². The lowest BCUT2D eigenvalue weighted by atomic mass is 10.1. The fraction of sp³-hybridized carbons (Fsp3) is 0.308. The van der Waals surface area contributed by atoms with E-state index in [0.29, 0.717) is 17.5 Å². The second-order valence-electron chi connectivity index (χ2n) is 4.42. The van der Waals surface area contributed by atoms with E-state index >= 15 is 0 Å². The number of nitrogens with zero attached hydrogens (tertiary/aromatic N) is 2. The highest BCUT2D eigenvalue weighted by molar-refractivity contribution is 7.90. The van der Waals surface area contributed by atoms with E-state index in [1.165, 1.54) is 6.26 Å². The lowest BCUT2D eigenvalue weighted by Gasteiger charge is -2.02. The number of benzene rings is 1. The van der Waals surface area contributed by atoms with Gasteiger partial charge in [0.15, 0.2) is 5.78 Å². The van der Waals surface area contributed by atoms with Gasteiger partial charge in [0.2, 0.25) is 0 Å². The summed E-state index contributed by atoms with van der Waals surface area (Å²) in [5.74, 6) is -0.0391. The zero-order chi connectivity index (χ0) is 13.9. The molecule has 6 heteroatoms. The van der Waals surface area contributed by atoms with E-state index in [4.69, 9.17) is 0 Å². The third-order valence-corrected chi connectivity index (χ3v) is 3.74. The van der Waals surface area contributed by atoms with Crippen LogP contribution in [0.4, 0.5) is 0 Å². The summed E-state index contributed by atoms with van der Waals surface area (Å²) in [6.45, 7) is 0. The topological polar surface area (TPSA) is 77.0 Å².